The molecule has 0 bridgehead atoms. The van der Waals surface area contributed by atoms with Crippen molar-refractivity contribution in [3.8, 4) is 0 Å². The molecule has 1 unspecified atom stereocenters. The minimum absolute atomic E-state index is 0.223. The predicted octanol–water partition coefficient (Wildman–Crippen LogP) is 2.44. The van der Waals surface area contributed by atoms with Crippen molar-refractivity contribution < 1.29 is 13.5 Å². The van der Waals surface area contributed by atoms with Crippen LogP contribution in [-0.4, -0.2) is 24.8 Å². The first-order chi connectivity index (χ1) is 9.27. The van der Waals surface area contributed by atoms with E-state index in [4.69, 9.17) is 0 Å². The minimum atomic E-state index is -3.26. The Bertz CT molecular complexity index is 700. The number of thiazole rings is 1. The lowest BCUT2D eigenvalue weighted by molar-refractivity contribution is 0.178. The van der Waals surface area contributed by atoms with Crippen LogP contribution in [0, 0.1) is 13.8 Å². The summed E-state index contributed by atoms with van der Waals surface area (Å²) in [5.74, 6) is 0. The molecule has 1 atom stereocenters. The number of nitrogens with zero attached hydrogens (tertiary/aromatic N) is 1. The first-order valence-electron chi connectivity index (χ1n) is 6.18. The van der Waals surface area contributed by atoms with E-state index < -0.39 is 15.9 Å². The molecule has 108 valence electrons. The Hall–Kier alpha value is -1.24. The maximum absolute atomic E-state index is 11.5. The normalized spacial score (nSPS) is 13.4. The Morgan fingerprint density at radius 2 is 2.05 bits per heavy atom. The maximum Gasteiger partial charge on any atom is 0.175 e. The van der Waals surface area contributed by atoms with Crippen molar-refractivity contribution >= 4 is 21.2 Å². The number of aryl methyl sites for hydroxylation is 2. The lowest BCUT2D eigenvalue weighted by Crippen LogP contribution is -2.04. The number of hydrogen-bond donors (Lipinski definition) is 1. The van der Waals surface area contributed by atoms with Crippen LogP contribution in [0.15, 0.2) is 29.2 Å². The summed E-state index contributed by atoms with van der Waals surface area (Å²) in [5, 5.41) is 11.1. The van der Waals surface area contributed by atoms with Crippen molar-refractivity contribution in [3.05, 3.63) is 45.4 Å². The number of aromatic nitrogens is 1. The van der Waals surface area contributed by atoms with Crippen LogP contribution >= 0.6 is 11.3 Å². The van der Waals surface area contributed by atoms with Gasteiger partial charge in [0.2, 0.25) is 0 Å². The molecule has 0 saturated carbocycles. The summed E-state index contributed by atoms with van der Waals surface area (Å²) in [7, 11) is -3.26. The number of hydrogen-bond acceptors (Lipinski definition) is 5. The van der Waals surface area contributed by atoms with Crippen LogP contribution in [0.3, 0.4) is 0 Å². The van der Waals surface area contributed by atoms with Gasteiger partial charge in [-0.05, 0) is 31.5 Å². The molecule has 2 rings (SSSR count). The largest absolute Gasteiger partial charge is 0.388 e. The Kier molecular flexibility index (Phi) is 4.27. The Balaban J connectivity index is 2.23. The molecular weight excluding hydrogens is 294 g/mol. The fraction of sp³-hybridized carbons (Fsp3) is 0.357. The number of benzene rings is 1. The van der Waals surface area contributed by atoms with Crippen molar-refractivity contribution in [2.24, 2.45) is 0 Å². The molecule has 1 aromatic carbocycles. The molecule has 0 saturated heterocycles. The van der Waals surface area contributed by atoms with Gasteiger partial charge in [0.25, 0.3) is 0 Å². The van der Waals surface area contributed by atoms with Gasteiger partial charge in [-0.1, -0.05) is 12.1 Å². The van der Waals surface area contributed by atoms with Gasteiger partial charge < -0.3 is 5.11 Å². The Morgan fingerprint density at radius 1 is 1.35 bits per heavy atom. The smallest absolute Gasteiger partial charge is 0.175 e. The number of sulfone groups is 1. The molecule has 0 aliphatic carbocycles. The van der Waals surface area contributed by atoms with Crippen LogP contribution in [0.1, 0.15) is 27.2 Å². The molecule has 1 N–H and O–H groups in total. The highest BCUT2D eigenvalue weighted by Crippen LogP contribution is 2.24. The second-order valence-electron chi connectivity index (χ2n) is 4.81. The lowest BCUT2D eigenvalue weighted by Gasteiger charge is -2.10. The molecular formula is C14H17NO3S2. The van der Waals surface area contributed by atoms with Crippen molar-refractivity contribution in [2.45, 2.75) is 31.3 Å². The zero-order valence-corrected chi connectivity index (χ0v) is 13.3. The average molecular weight is 311 g/mol. The third kappa shape index (κ3) is 3.45. The number of aliphatic hydroxyl groups is 1. The summed E-state index contributed by atoms with van der Waals surface area (Å²) < 4.78 is 23.0. The summed E-state index contributed by atoms with van der Waals surface area (Å²) in [4.78, 5) is 5.75. The molecule has 0 fully saturated rings. The van der Waals surface area contributed by atoms with Gasteiger partial charge in [0.05, 0.1) is 21.7 Å². The fourth-order valence-corrected chi connectivity index (χ4v) is 3.51. The van der Waals surface area contributed by atoms with Crippen LogP contribution in [0.4, 0.5) is 0 Å². The van der Waals surface area contributed by atoms with Crippen LogP contribution < -0.4 is 0 Å². The van der Waals surface area contributed by atoms with Gasteiger partial charge in [0.15, 0.2) is 9.84 Å². The van der Waals surface area contributed by atoms with Gasteiger partial charge in [-0.15, -0.1) is 11.3 Å². The van der Waals surface area contributed by atoms with Gasteiger partial charge in [0.1, 0.15) is 0 Å². The van der Waals surface area contributed by atoms with E-state index in [1.165, 1.54) is 12.1 Å². The van der Waals surface area contributed by atoms with E-state index in [1.807, 2.05) is 13.8 Å². The summed E-state index contributed by atoms with van der Waals surface area (Å²) in [6, 6.07) is 6.43. The highest BCUT2D eigenvalue weighted by Gasteiger charge is 2.15. The molecule has 0 aliphatic heterocycles. The number of rotatable bonds is 4. The van der Waals surface area contributed by atoms with Crippen LogP contribution in [-0.2, 0) is 16.3 Å². The third-order valence-corrected chi connectivity index (χ3v) is 5.32. The monoisotopic (exact) mass is 311 g/mol. The van der Waals surface area contributed by atoms with Gasteiger partial charge >= 0.3 is 0 Å². The molecule has 2 aromatic rings. The summed E-state index contributed by atoms with van der Waals surface area (Å²) in [5.41, 5.74) is 1.57. The molecule has 0 amide bonds. The van der Waals surface area contributed by atoms with E-state index in [9.17, 15) is 13.5 Å². The van der Waals surface area contributed by atoms with Gasteiger partial charge in [-0.3, -0.25) is 0 Å². The molecule has 0 spiro atoms. The molecule has 1 heterocycles. The quantitative estimate of drug-likeness (QED) is 0.941. The zero-order chi connectivity index (χ0) is 14.9. The second kappa shape index (κ2) is 5.63. The minimum Gasteiger partial charge on any atom is -0.388 e. The standard InChI is InChI=1S/C14H17NO3S2/c1-9-10(2)19-14(15-9)8-13(16)11-5-4-6-12(7-11)20(3,17)18/h4-7,13,16H,8H2,1-3H3. The van der Waals surface area contributed by atoms with E-state index in [0.29, 0.717) is 12.0 Å². The van der Waals surface area contributed by atoms with Crippen molar-refractivity contribution in [3.63, 3.8) is 0 Å². The number of aliphatic hydroxyl groups excluding tert-OH is 1. The molecule has 0 radical (unpaired) electrons. The first-order valence-corrected chi connectivity index (χ1v) is 8.89. The highest BCUT2D eigenvalue weighted by molar-refractivity contribution is 7.90. The van der Waals surface area contributed by atoms with E-state index in [-0.39, 0.29) is 4.90 Å². The van der Waals surface area contributed by atoms with E-state index in [2.05, 4.69) is 4.98 Å². The van der Waals surface area contributed by atoms with E-state index in [0.717, 1.165) is 21.8 Å². The van der Waals surface area contributed by atoms with Crippen LogP contribution in [0.2, 0.25) is 0 Å². The summed E-state index contributed by atoms with van der Waals surface area (Å²) >= 11 is 1.56. The van der Waals surface area contributed by atoms with E-state index in [1.54, 1.807) is 23.5 Å². The van der Waals surface area contributed by atoms with Gasteiger partial charge in [-0.2, -0.15) is 0 Å². The zero-order valence-electron chi connectivity index (χ0n) is 11.6. The van der Waals surface area contributed by atoms with E-state index >= 15 is 0 Å². The highest BCUT2D eigenvalue weighted by atomic mass is 32.2. The van der Waals surface area contributed by atoms with Crippen molar-refractivity contribution in [1.29, 1.82) is 0 Å². The SMILES string of the molecule is Cc1nc(CC(O)c2cccc(S(C)(=O)=O)c2)sc1C. The Morgan fingerprint density at radius 3 is 2.60 bits per heavy atom. The second-order valence-corrected chi connectivity index (χ2v) is 8.12. The lowest BCUT2D eigenvalue weighted by atomic mass is 10.1. The first kappa shape index (κ1) is 15.2. The summed E-state index contributed by atoms with van der Waals surface area (Å²) in [6.07, 6.45) is 0.806. The molecule has 4 nitrogen and oxygen atoms in total. The van der Waals surface area contributed by atoms with Crippen molar-refractivity contribution in [1.82, 2.24) is 4.98 Å². The van der Waals surface area contributed by atoms with Crippen LogP contribution in [0.5, 0.6) is 0 Å². The summed E-state index contributed by atoms with van der Waals surface area (Å²) in [6.45, 7) is 3.93. The average Bonchev–Trinajstić information content (AvgIpc) is 2.67. The predicted molar refractivity (Wildman–Crippen MR) is 79.8 cm³/mol. The molecule has 20 heavy (non-hydrogen) atoms. The van der Waals surface area contributed by atoms with Gasteiger partial charge in [-0.25, -0.2) is 13.4 Å². The van der Waals surface area contributed by atoms with Crippen LogP contribution in [0.25, 0.3) is 0 Å². The van der Waals surface area contributed by atoms with Gasteiger partial charge in [0, 0.05) is 17.6 Å². The Labute approximate surface area is 123 Å². The topological polar surface area (TPSA) is 67.3 Å². The molecule has 6 heteroatoms. The molecule has 1 aromatic heterocycles. The van der Waals surface area contributed by atoms with Crippen molar-refractivity contribution in [2.75, 3.05) is 6.26 Å². The maximum atomic E-state index is 11.5. The fourth-order valence-electron chi connectivity index (χ4n) is 1.86. The third-order valence-electron chi connectivity index (χ3n) is 3.11. The molecule has 0 aliphatic rings.